The fourth-order valence-corrected chi connectivity index (χ4v) is 5.32. The Morgan fingerprint density at radius 1 is 1.03 bits per heavy atom. The molecule has 7 heteroatoms. The minimum atomic E-state index is -1.50. The number of likely N-dealkylation sites (N-methyl/N-ethyl adjacent to an activating group) is 1. The molecule has 3 atom stereocenters. The first-order valence-corrected chi connectivity index (χ1v) is 10.4. The van der Waals surface area contributed by atoms with Crippen LogP contribution in [-0.4, -0.2) is 30.9 Å². The van der Waals surface area contributed by atoms with Gasteiger partial charge in [0.15, 0.2) is 0 Å². The zero-order valence-electron chi connectivity index (χ0n) is 16.1. The van der Waals surface area contributed by atoms with Crippen molar-refractivity contribution in [3.8, 4) is 0 Å². The second-order valence-corrected chi connectivity index (χ2v) is 8.33. The number of para-hydroxylation sites is 1. The highest BCUT2D eigenvalue weighted by Gasteiger charge is 2.67. The van der Waals surface area contributed by atoms with Gasteiger partial charge < -0.3 is 15.0 Å². The summed E-state index contributed by atoms with van der Waals surface area (Å²) in [5.74, 6) is -1.98. The van der Waals surface area contributed by atoms with Gasteiger partial charge in [0.1, 0.15) is 6.04 Å². The highest BCUT2D eigenvalue weighted by atomic mass is 32.1. The van der Waals surface area contributed by atoms with Crippen molar-refractivity contribution in [3.63, 3.8) is 0 Å². The molecule has 5 rings (SSSR count). The standard InChI is InChI=1S/C23H18N2O4S/c1-25-16-11-6-5-10-15(16)23(22(25)28)18(17-12-7-13-30-17)19(21(27)29-23)24-20(26)14-8-3-2-4-9-14/h2-13,18-19H,1H3,(H,24,26)/t18-,19-,23+/m1/s1. The lowest BCUT2D eigenvalue weighted by molar-refractivity contribution is -0.158. The average Bonchev–Trinajstić information content (AvgIpc) is 3.44. The minimum Gasteiger partial charge on any atom is -0.441 e. The summed E-state index contributed by atoms with van der Waals surface area (Å²) in [6.45, 7) is 0. The summed E-state index contributed by atoms with van der Waals surface area (Å²) < 4.78 is 5.87. The summed E-state index contributed by atoms with van der Waals surface area (Å²) >= 11 is 1.43. The van der Waals surface area contributed by atoms with E-state index in [1.54, 1.807) is 31.3 Å². The van der Waals surface area contributed by atoms with Crippen LogP contribution in [0.3, 0.4) is 0 Å². The van der Waals surface area contributed by atoms with Crippen LogP contribution in [0.4, 0.5) is 5.69 Å². The number of nitrogens with one attached hydrogen (secondary N) is 1. The van der Waals surface area contributed by atoms with E-state index in [1.165, 1.54) is 16.2 Å². The van der Waals surface area contributed by atoms with Crippen molar-refractivity contribution in [1.82, 2.24) is 5.32 Å². The first-order valence-electron chi connectivity index (χ1n) is 9.54. The van der Waals surface area contributed by atoms with E-state index in [9.17, 15) is 14.4 Å². The van der Waals surface area contributed by atoms with Crippen LogP contribution in [0.15, 0.2) is 72.1 Å². The lowest BCUT2D eigenvalue weighted by Crippen LogP contribution is -2.47. The quantitative estimate of drug-likeness (QED) is 0.664. The molecule has 1 fully saturated rings. The SMILES string of the molecule is CN1C(=O)[C@]2(OC(=O)[C@H](NC(=O)c3ccccc3)[C@H]2c2cccs2)c2ccccc21. The summed E-state index contributed by atoms with van der Waals surface area (Å²) in [5.41, 5.74) is 0.279. The van der Waals surface area contributed by atoms with Crippen molar-refractivity contribution in [2.75, 3.05) is 11.9 Å². The molecule has 0 bridgehead atoms. The number of anilines is 1. The Hall–Kier alpha value is -3.45. The van der Waals surface area contributed by atoms with Crippen LogP contribution in [0, 0.1) is 0 Å². The highest BCUT2D eigenvalue weighted by molar-refractivity contribution is 7.10. The van der Waals surface area contributed by atoms with Crippen LogP contribution in [0.25, 0.3) is 0 Å². The molecule has 6 nitrogen and oxygen atoms in total. The number of esters is 1. The third-order valence-electron chi connectivity index (χ3n) is 5.75. The number of hydrogen-bond donors (Lipinski definition) is 1. The smallest absolute Gasteiger partial charge is 0.330 e. The summed E-state index contributed by atoms with van der Waals surface area (Å²) in [7, 11) is 1.67. The third kappa shape index (κ3) is 2.52. The molecule has 0 saturated carbocycles. The maximum Gasteiger partial charge on any atom is 0.330 e. The summed E-state index contributed by atoms with van der Waals surface area (Å²) in [6, 6.07) is 18.7. The normalized spacial score (nSPS) is 24.8. The maximum absolute atomic E-state index is 13.5. The van der Waals surface area contributed by atoms with Crippen LogP contribution in [0.5, 0.6) is 0 Å². The van der Waals surface area contributed by atoms with Gasteiger partial charge in [-0.3, -0.25) is 9.59 Å². The summed E-state index contributed by atoms with van der Waals surface area (Å²) in [4.78, 5) is 41.7. The van der Waals surface area contributed by atoms with E-state index < -0.39 is 23.5 Å². The van der Waals surface area contributed by atoms with Crippen LogP contribution in [0.1, 0.15) is 26.7 Å². The highest BCUT2D eigenvalue weighted by Crippen LogP contribution is 2.55. The number of nitrogens with zero attached hydrogens (tertiary/aromatic N) is 1. The van der Waals surface area contributed by atoms with Crippen molar-refractivity contribution >= 4 is 34.8 Å². The molecule has 30 heavy (non-hydrogen) atoms. The van der Waals surface area contributed by atoms with Crippen LogP contribution < -0.4 is 10.2 Å². The zero-order valence-corrected chi connectivity index (χ0v) is 16.9. The van der Waals surface area contributed by atoms with Crippen molar-refractivity contribution < 1.29 is 19.1 Å². The van der Waals surface area contributed by atoms with E-state index in [-0.39, 0.29) is 11.8 Å². The zero-order chi connectivity index (χ0) is 20.9. The molecule has 2 aromatic carbocycles. The largest absolute Gasteiger partial charge is 0.441 e. The van der Waals surface area contributed by atoms with Gasteiger partial charge in [0, 0.05) is 23.1 Å². The monoisotopic (exact) mass is 418 g/mol. The number of fused-ring (bicyclic) bond motifs is 2. The van der Waals surface area contributed by atoms with Gasteiger partial charge in [0.05, 0.1) is 11.6 Å². The van der Waals surface area contributed by atoms with Gasteiger partial charge in [-0.2, -0.15) is 0 Å². The molecule has 2 amide bonds. The molecule has 150 valence electrons. The lowest BCUT2D eigenvalue weighted by Gasteiger charge is -2.29. The van der Waals surface area contributed by atoms with Gasteiger partial charge in [-0.25, -0.2) is 4.79 Å². The number of benzene rings is 2. The number of carbonyl (C=O) groups is 3. The van der Waals surface area contributed by atoms with Gasteiger partial charge in [0.25, 0.3) is 11.8 Å². The lowest BCUT2D eigenvalue weighted by atomic mass is 9.79. The Kier molecular flexibility index (Phi) is 4.22. The topological polar surface area (TPSA) is 75.7 Å². The number of thiophene rings is 1. The second kappa shape index (κ2) is 6.81. The van der Waals surface area contributed by atoms with E-state index in [0.717, 1.165) is 4.88 Å². The van der Waals surface area contributed by atoms with Crippen molar-refractivity contribution in [3.05, 3.63) is 88.1 Å². The first-order chi connectivity index (χ1) is 14.5. The number of ether oxygens (including phenoxy) is 1. The van der Waals surface area contributed by atoms with E-state index in [0.29, 0.717) is 16.8 Å². The van der Waals surface area contributed by atoms with Crippen molar-refractivity contribution in [1.29, 1.82) is 0 Å². The molecule has 0 aliphatic carbocycles. The molecule has 2 aliphatic heterocycles. The first kappa shape index (κ1) is 18.6. The Bertz CT molecular complexity index is 1150. The van der Waals surface area contributed by atoms with Crippen molar-refractivity contribution in [2.24, 2.45) is 0 Å². The van der Waals surface area contributed by atoms with Gasteiger partial charge in [-0.15, -0.1) is 11.3 Å². The summed E-state index contributed by atoms with van der Waals surface area (Å²) in [5, 5.41) is 4.71. The van der Waals surface area contributed by atoms with Crippen LogP contribution in [-0.2, 0) is 19.9 Å². The predicted octanol–water partition coefficient (Wildman–Crippen LogP) is 3.06. The number of hydrogen-bond acceptors (Lipinski definition) is 5. The second-order valence-electron chi connectivity index (χ2n) is 7.35. The third-order valence-corrected chi connectivity index (χ3v) is 6.70. The number of carbonyl (C=O) groups excluding carboxylic acids is 3. The van der Waals surface area contributed by atoms with Crippen LogP contribution >= 0.6 is 11.3 Å². The number of rotatable bonds is 3. The molecule has 0 radical (unpaired) electrons. The minimum absolute atomic E-state index is 0.313. The van der Waals surface area contributed by atoms with Gasteiger partial charge in [0.2, 0.25) is 5.60 Å². The molecule has 1 aromatic heterocycles. The van der Waals surface area contributed by atoms with E-state index >= 15 is 0 Å². The van der Waals surface area contributed by atoms with E-state index in [4.69, 9.17) is 4.74 Å². The molecule has 0 unspecified atom stereocenters. The van der Waals surface area contributed by atoms with Gasteiger partial charge in [-0.05, 0) is 29.6 Å². The fraction of sp³-hybridized carbons (Fsp3) is 0.174. The van der Waals surface area contributed by atoms with Crippen molar-refractivity contribution in [2.45, 2.75) is 17.6 Å². The molecule has 1 N–H and O–H groups in total. The Labute approximate surface area is 177 Å². The van der Waals surface area contributed by atoms with Gasteiger partial charge in [-0.1, -0.05) is 42.5 Å². The predicted molar refractivity (Wildman–Crippen MR) is 112 cm³/mol. The molecule has 1 spiro atoms. The molecular formula is C23H18N2O4S. The summed E-state index contributed by atoms with van der Waals surface area (Å²) in [6.07, 6.45) is 0. The average molecular weight is 418 g/mol. The molecule has 3 heterocycles. The molecule has 2 aliphatic rings. The Balaban J connectivity index is 1.63. The Morgan fingerprint density at radius 2 is 1.77 bits per heavy atom. The van der Waals surface area contributed by atoms with E-state index in [1.807, 2.05) is 47.8 Å². The Morgan fingerprint density at radius 3 is 2.50 bits per heavy atom. The van der Waals surface area contributed by atoms with Crippen LogP contribution in [0.2, 0.25) is 0 Å². The maximum atomic E-state index is 13.5. The number of amides is 2. The molecule has 3 aromatic rings. The molecule has 1 saturated heterocycles. The fourth-order valence-electron chi connectivity index (χ4n) is 4.40. The van der Waals surface area contributed by atoms with Gasteiger partial charge >= 0.3 is 5.97 Å². The van der Waals surface area contributed by atoms with E-state index in [2.05, 4.69) is 5.32 Å². The molecular weight excluding hydrogens is 400 g/mol.